The quantitative estimate of drug-likeness (QED) is 0.0349. The number of esters is 2. The molecule has 0 radical (unpaired) electrons. The van der Waals surface area contributed by atoms with Crippen LogP contribution in [0.4, 0.5) is 0 Å². The fraction of sp³-hybridized carbons (Fsp3) is 0.843. The molecule has 0 aromatic carbocycles. The lowest BCUT2D eigenvalue weighted by atomic mass is 10.0. The Morgan fingerprint density at radius 2 is 0.804 bits per heavy atom. The summed E-state index contributed by atoms with van der Waals surface area (Å²) in [5.41, 5.74) is 0. The Kier molecular flexibility index (Phi) is 45.9. The van der Waals surface area contributed by atoms with Crippen molar-refractivity contribution in [2.75, 3.05) is 19.8 Å². The predicted molar refractivity (Wildman–Crippen MR) is 242 cm³/mol. The van der Waals surface area contributed by atoms with Gasteiger partial charge in [-0.05, 0) is 51.4 Å². The maximum atomic E-state index is 12.7. The molecule has 0 rings (SSSR count). The van der Waals surface area contributed by atoms with Gasteiger partial charge in [-0.2, -0.15) is 0 Å². The van der Waals surface area contributed by atoms with Crippen LogP contribution in [0, 0.1) is 0 Å². The largest absolute Gasteiger partial charge is 0.462 e. The van der Waals surface area contributed by atoms with Gasteiger partial charge in [-0.1, -0.05) is 224 Å². The number of unbranched alkanes of at least 4 members (excludes halogenated alkanes) is 28. The van der Waals surface area contributed by atoms with Crippen molar-refractivity contribution in [1.29, 1.82) is 0 Å². The number of hydrogen-bond donors (Lipinski definition) is 0. The summed E-state index contributed by atoms with van der Waals surface area (Å²) >= 11 is 0. The maximum absolute atomic E-state index is 12.7. The van der Waals surface area contributed by atoms with Crippen molar-refractivity contribution >= 4 is 11.9 Å². The number of rotatable bonds is 45. The molecule has 5 nitrogen and oxygen atoms in total. The van der Waals surface area contributed by atoms with Gasteiger partial charge in [0.15, 0.2) is 6.10 Å². The highest BCUT2D eigenvalue weighted by molar-refractivity contribution is 5.70. The Labute approximate surface area is 349 Å². The van der Waals surface area contributed by atoms with E-state index in [1.54, 1.807) is 0 Å². The third-order valence-electron chi connectivity index (χ3n) is 10.7. The van der Waals surface area contributed by atoms with Crippen LogP contribution in [-0.4, -0.2) is 37.9 Å². The molecular weight excluding hydrogens is 693 g/mol. The lowest BCUT2D eigenvalue weighted by molar-refractivity contribution is -0.163. The maximum Gasteiger partial charge on any atom is 0.306 e. The van der Waals surface area contributed by atoms with E-state index in [0.29, 0.717) is 19.4 Å². The SMILES string of the molecule is CC/C=C\C/C=C\C/C=C\CCCCCCOCC(COC(=O)CCCCCCCCCCCCCCCCC)OC(=O)CCCCCCCCCCCCC. The van der Waals surface area contributed by atoms with Crippen molar-refractivity contribution in [2.45, 2.75) is 258 Å². The lowest BCUT2D eigenvalue weighted by Crippen LogP contribution is -2.30. The molecule has 0 bridgehead atoms. The molecule has 0 aromatic rings. The van der Waals surface area contributed by atoms with Gasteiger partial charge in [0, 0.05) is 19.4 Å². The third kappa shape index (κ3) is 44.8. The molecule has 0 saturated carbocycles. The van der Waals surface area contributed by atoms with E-state index >= 15 is 0 Å². The molecule has 0 spiro atoms. The summed E-state index contributed by atoms with van der Waals surface area (Å²) < 4.78 is 17.3. The predicted octanol–water partition coefficient (Wildman–Crippen LogP) is 16.2. The Balaban J connectivity index is 4.24. The second-order valence-corrected chi connectivity index (χ2v) is 16.4. The van der Waals surface area contributed by atoms with E-state index in [1.165, 1.54) is 154 Å². The molecule has 0 heterocycles. The minimum Gasteiger partial charge on any atom is -0.462 e. The number of carbonyl (C=O) groups is 2. The first kappa shape index (κ1) is 54.1. The smallest absolute Gasteiger partial charge is 0.306 e. The van der Waals surface area contributed by atoms with Gasteiger partial charge in [0.1, 0.15) is 6.61 Å². The molecular formula is C51H94O5. The molecule has 0 aliphatic heterocycles. The summed E-state index contributed by atoms with van der Waals surface area (Å²) in [4.78, 5) is 25.3. The summed E-state index contributed by atoms with van der Waals surface area (Å²) in [7, 11) is 0. The molecule has 5 heteroatoms. The van der Waals surface area contributed by atoms with Crippen molar-refractivity contribution in [3.8, 4) is 0 Å². The summed E-state index contributed by atoms with van der Waals surface area (Å²) in [6, 6.07) is 0. The average Bonchev–Trinajstić information content (AvgIpc) is 3.20. The monoisotopic (exact) mass is 787 g/mol. The molecule has 0 aromatic heterocycles. The molecule has 0 N–H and O–H groups in total. The highest BCUT2D eigenvalue weighted by atomic mass is 16.6. The number of ether oxygens (including phenoxy) is 3. The van der Waals surface area contributed by atoms with E-state index in [4.69, 9.17) is 14.2 Å². The van der Waals surface area contributed by atoms with Gasteiger partial charge >= 0.3 is 11.9 Å². The summed E-state index contributed by atoms with van der Waals surface area (Å²) in [6.45, 7) is 7.70. The van der Waals surface area contributed by atoms with E-state index in [2.05, 4.69) is 57.2 Å². The molecule has 0 aliphatic carbocycles. The Morgan fingerprint density at radius 3 is 1.29 bits per heavy atom. The van der Waals surface area contributed by atoms with Gasteiger partial charge in [0.25, 0.3) is 0 Å². The van der Waals surface area contributed by atoms with Gasteiger partial charge in [-0.15, -0.1) is 0 Å². The topological polar surface area (TPSA) is 61.8 Å². The second-order valence-electron chi connectivity index (χ2n) is 16.4. The van der Waals surface area contributed by atoms with Crippen LogP contribution in [0.3, 0.4) is 0 Å². The molecule has 56 heavy (non-hydrogen) atoms. The highest BCUT2D eigenvalue weighted by Crippen LogP contribution is 2.15. The third-order valence-corrected chi connectivity index (χ3v) is 10.7. The Hall–Kier alpha value is -1.88. The van der Waals surface area contributed by atoms with Gasteiger partial charge in [0.05, 0.1) is 6.61 Å². The van der Waals surface area contributed by atoms with Crippen molar-refractivity contribution in [3.63, 3.8) is 0 Å². The zero-order valence-electron chi connectivity index (χ0n) is 37.7. The molecule has 0 saturated heterocycles. The van der Waals surface area contributed by atoms with Crippen LogP contribution in [0.5, 0.6) is 0 Å². The normalized spacial score (nSPS) is 12.4. The second kappa shape index (κ2) is 47.5. The molecule has 1 unspecified atom stereocenters. The molecule has 0 amide bonds. The number of allylic oxidation sites excluding steroid dienone is 6. The van der Waals surface area contributed by atoms with Crippen LogP contribution >= 0.6 is 0 Å². The van der Waals surface area contributed by atoms with Gasteiger partial charge < -0.3 is 14.2 Å². The first-order valence-corrected chi connectivity index (χ1v) is 24.5. The van der Waals surface area contributed by atoms with Crippen molar-refractivity contribution in [2.24, 2.45) is 0 Å². The molecule has 0 fully saturated rings. The summed E-state index contributed by atoms with van der Waals surface area (Å²) in [5.74, 6) is -0.398. The van der Waals surface area contributed by atoms with Crippen LogP contribution in [0.25, 0.3) is 0 Å². The Bertz CT molecular complexity index is 893. The van der Waals surface area contributed by atoms with Crippen LogP contribution < -0.4 is 0 Å². The van der Waals surface area contributed by atoms with E-state index in [1.807, 2.05) is 0 Å². The minimum absolute atomic E-state index is 0.0819. The van der Waals surface area contributed by atoms with Crippen molar-refractivity contribution in [1.82, 2.24) is 0 Å². The van der Waals surface area contributed by atoms with Crippen LogP contribution in [-0.2, 0) is 23.8 Å². The minimum atomic E-state index is -0.540. The number of carbonyl (C=O) groups excluding carboxylic acids is 2. The lowest BCUT2D eigenvalue weighted by Gasteiger charge is -2.18. The van der Waals surface area contributed by atoms with Gasteiger partial charge in [-0.25, -0.2) is 0 Å². The molecule has 328 valence electrons. The standard InChI is InChI=1S/C51H94O5/c1-4-7-10-13-16-19-22-24-26-27-30-32-35-38-41-44-50(52)55-48-49(56-51(53)45-42-39-36-33-29-21-18-15-12-9-6-3)47-54-46-43-40-37-34-31-28-25-23-20-17-14-11-8-5-2/h8,11,17,20,25,28,49H,4-7,9-10,12-16,18-19,21-24,26-27,29-48H2,1-3H3/b11-8-,20-17-,28-25-. The van der Waals surface area contributed by atoms with E-state index in [9.17, 15) is 9.59 Å². The highest BCUT2D eigenvalue weighted by Gasteiger charge is 2.17. The van der Waals surface area contributed by atoms with E-state index in [-0.39, 0.29) is 25.2 Å². The summed E-state index contributed by atoms with van der Waals surface area (Å²) in [6.07, 6.45) is 55.7. The zero-order valence-corrected chi connectivity index (χ0v) is 37.7. The molecule has 1 atom stereocenters. The number of hydrogen-bond acceptors (Lipinski definition) is 5. The first-order chi connectivity index (χ1) is 27.6. The van der Waals surface area contributed by atoms with Crippen LogP contribution in [0.1, 0.15) is 252 Å². The first-order valence-electron chi connectivity index (χ1n) is 24.5. The van der Waals surface area contributed by atoms with Crippen LogP contribution in [0.2, 0.25) is 0 Å². The molecule has 0 aliphatic rings. The van der Waals surface area contributed by atoms with Crippen molar-refractivity contribution in [3.05, 3.63) is 36.5 Å². The zero-order chi connectivity index (χ0) is 40.7. The van der Waals surface area contributed by atoms with Crippen LogP contribution in [0.15, 0.2) is 36.5 Å². The van der Waals surface area contributed by atoms with E-state index < -0.39 is 6.10 Å². The summed E-state index contributed by atoms with van der Waals surface area (Å²) in [5, 5.41) is 0. The van der Waals surface area contributed by atoms with E-state index in [0.717, 1.165) is 64.2 Å². The fourth-order valence-electron chi connectivity index (χ4n) is 7.05. The fourth-order valence-corrected chi connectivity index (χ4v) is 7.05. The van der Waals surface area contributed by atoms with Gasteiger partial charge in [-0.3, -0.25) is 9.59 Å². The average molecular weight is 787 g/mol. The Morgan fingerprint density at radius 1 is 0.411 bits per heavy atom. The van der Waals surface area contributed by atoms with Gasteiger partial charge in [0.2, 0.25) is 0 Å². The van der Waals surface area contributed by atoms with Crippen molar-refractivity contribution < 1.29 is 23.8 Å².